The van der Waals surface area contributed by atoms with E-state index in [4.69, 9.17) is 5.11 Å². The molecule has 0 unspecified atom stereocenters. The lowest BCUT2D eigenvalue weighted by atomic mass is 9.89. The van der Waals surface area contributed by atoms with Crippen molar-refractivity contribution >= 4 is 11.6 Å². The lowest BCUT2D eigenvalue weighted by molar-refractivity contribution is -0.137. The molecule has 2 heterocycles. The Bertz CT molecular complexity index is 684. The maximum Gasteiger partial charge on any atom is 0.422 e. The fraction of sp³-hybridized carbons (Fsp3) is 0.417. The second-order valence-corrected chi connectivity index (χ2v) is 5.39. The highest BCUT2D eigenvalue weighted by Gasteiger charge is 2.41. The molecule has 0 radical (unpaired) electrons. The summed E-state index contributed by atoms with van der Waals surface area (Å²) in [4.78, 5) is 14.7. The molecule has 0 aromatic carbocycles. The molecule has 0 aliphatic heterocycles. The summed E-state index contributed by atoms with van der Waals surface area (Å²) >= 11 is 0. The summed E-state index contributed by atoms with van der Waals surface area (Å²) in [5.41, 5.74) is -2.57. The first-order valence-corrected chi connectivity index (χ1v) is 5.71. The van der Waals surface area contributed by atoms with Gasteiger partial charge in [-0.25, -0.2) is 14.3 Å². The number of rotatable bonds is 1. The van der Waals surface area contributed by atoms with E-state index in [1.165, 1.54) is 12.4 Å². The first kappa shape index (κ1) is 14.3. The summed E-state index contributed by atoms with van der Waals surface area (Å²) in [6.45, 7) is 5.59. The Morgan fingerprint density at radius 3 is 2.35 bits per heavy atom. The number of hydrogen-bond donors (Lipinski definition) is 1. The molecule has 20 heavy (non-hydrogen) atoms. The molecule has 0 atom stereocenters. The van der Waals surface area contributed by atoms with Crippen LogP contribution in [0.5, 0.6) is 0 Å². The minimum absolute atomic E-state index is 0.338. The number of aromatic nitrogens is 3. The Morgan fingerprint density at radius 2 is 1.90 bits per heavy atom. The number of fused-ring (bicyclic) bond motifs is 1. The van der Waals surface area contributed by atoms with Gasteiger partial charge >= 0.3 is 12.1 Å². The van der Waals surface area contributed by atoms with Gasteiger partial charge in [0.1, 0.15) is 5.56 Å². The van der Waals surface area contributed by atoms with Crippen molar-refractivity contribution in [1.82, 2.24) is 14.6 Å². The molecule has 0 bridgehead atoms. The van der Waals surface area contributed by atoms with Crippen LogP contribution in [-0.2, 0) is 11.6 Å². The highest BCUT2D eigenvalue weighted by atomic mass is 19.4. The molecule has 108 valence electrons. The lowest BCUT2D eigenvalue weighted by Gasteiger charge is -2.18. The summed E-state index contributed by atoms with van der Waals surface area (Å²) in [6.07, 6.45) is -2.16. The van der Waals surface area contributed by atoms with Crippen molar-refractivity contribution in [2.24, 2.45) is 0 Å². The first-order chi connectivity index (χ1) is 9.01. The number of aromatic carboxylic acids is 1. The topological polar surface area (TPSA) is 67.5 Å². The van der Waals surface area contributed by atoms with Gasteiger partial charge < -0.3 is 5.11 Å². The molecule has 0 fully saturated rings. The number of carbonyl (C=O) groups is 1. The highest BCUT2D eigenvalue weighted by Crippen LogP contribution is 2.35. The average Bonchev–Trinajstić information content (AvgIpc) is 2.65. The summed E-state index contributed by atoms with van der Waals surface area (Å²) < 4.78 is 39.7. The van der Waals surface area contributed by atoms with E-state index in [0.717, 1.165) is 4.52 Å². The Hall–Kier alpha value is -2.12. The number of carboxylic acid groups (broad SMARTS) is 1. The average molecular weight is 287 g/mol. The molecule has 0 aliphatic carbocycles. The van der Waals surface area contributed by atoms with Gasteiger partial charge in [0.05, 0.1) is 0 Å². The monoisotopic (exact) mass is 287 g/mol. The fourth-order valence-corrected chi connectivity index (χ4v) is 1.73. The van der Waals surface area contributed by atoms with Gasteiger partial charge in [0.15, 0.2) is 11.3 Å². The molecule has 0 amide bonds. The molecule has 2 aromatic rings. The van der Waals surface area contributed by atoms with Gasteiger partial charge in [-0.3, -0.25) is 0 Å². The maximum atomic E-state index is 12.9. The molecule has 5 nitrogen and oxygen atoms in total. The van der Waals surface area contributed by atoms with Crippen LogP contribution in [0.15, 0.2) is 12.4 Å². The van der Waals surface area contributed by atoms with Crippen LogP contribution in [-0.4, -0.2) is 25.7 Å². The van der Waals surface area contributed by atoms with E-state index in [9.17, 15) is 18.0 Å². The first-order valence-electron chi connectivity index (χ1n) is 5.71. The Kier molecular flexibility index (Phi) is 2.99. The van der Waals surface area contributed by atoms with Crippen LogP contribution in [0.2, 0.25) is 0 Å². The van der Waals surface area contributed by atoms with Crippen molar-refractivity contribution in [3.8, 4) is 0 Å². The van der Waals surface area contributed by atoms with E-state index < -0.39 is 29.1 Å². The lowest BCUT2D eigenvalue weighted by Crippen LogP contribution is -2.13. The van der Waals surface area contributed by atoms with E-state index in [1.807, 2.05) is 20.8 Å². The van der Waals surface area contributed by atoms with Crippen molar-refractivity contribution < 1.29 is 23.1 Å². The summed E-state index contributed by atoms with van der Waals surface area (Å²) in [7, 11) is 0. The van der Waals surface area contributed by atoms with Gasteiger partial charge in [0.2, 0.25) is 0 Å². The van der Waals surface area contributed by atoms with Crippen LogP contribution in [0.3, 0.4) is 0 Å². The van der Waals surface area contributed by atoms with E-state index in [-0.39, 0.29) is 5.41 Å². The normalized spacial score (nSPS) is 12.9. The number of carboxylic acids is 1. The predicted molar refractivity (Wildman–Crippen MR) is 63.6 cm³/mol. The molecule has 0 saturated carbocycles. The predicted octanol–water partition coefficient (Wildman–Crippen LogP) is 2.74. The third-order valence-corrected chi connectivity index (χ3v) is 2.82. The molecule has 0 aliphatic rings. The number of alkyl halides is 3. The maximum absolute atomic E-state index is 12.9. The van der Waals surface area contributed by atoms with Crippen molar-refractivity contribution in [3.05, 3.63) is 29.2 Å². The summed E-state index contributed by atoms with van der Waals surface area (Å²) in [6, 6.07) is 0. The zero-order valence-electron chi connectivity index (χ0n) is 11.0. The smallest absolute Gasteiger partial charge is 0.422 e. The van der Waals surface area contributed by atoms with E-state index in [1.54, 1.807) is 0 Å². The van der Waals surface area contributed by atoms with E-state index in [2.05, 4.69) is 10.1 Å². The molecule has 2 aromatic heterocycles. The van der Waals surface area contributed by atoms with Gasteiger partial charge in [-0.15, -0.1) is 0 Å². The number of halogens is 3. The van der Waals surface area contributed by atoms with Crippen LogP contribution in [0.1, 0.15) is 42.4 Å². The van der Waals surface area contributed by atoms with Crippen LogP contribution in [0, 0.1) is 0 Å². The Labute approximate surface area is 112 Å². The van der Waals surface area contributed by atoms with Gasteiger partial charge in [-0.05, 0) is 11.0 Å². The molecule has 2 rings (SSSR count). The van der Waals surface area contributed by atoms with Crippen LogP contribution in [0.25, 0.3) is 5.65 Å². The van der Waals surface area contributed by atoms with Gasteiger partial charge in [0.25, 0.3) is 0 Å². The van der Waals surface area contributed by atoms with Gasteiger partial charge in [-0.1, -0.05) is 20.8 Å². The van der Waals surface area contributed by atoms with Crippen LogP contribution < -0.4 is 0 Å². The Balaban J connectivity index is 2.79. The standard InChI is InChI=1S/C12H12F3N3O2/c1-11(2,3)6-4-16-9-7(12(13,14)15)8(10(19)20)17-18(9)5-6/h4-5H,1-3H3,(H,19,20). The van der Waals surface area contributed by atoms with Crippen molar-refractivity contribution in [2.75, 3.05) is 0 Å². The fourth-order valence-electron chi connectivity index (χ4n) is 1.73. The van der Waals surface area contributed by atoms with Crippen molar-refractivity contribution in [1.29, 1.82) is 0 Å². The van der Waals surface area contributed by atoms with Crippen LogP contribution >= 0.6 is 0 Å². The molecule has 1 N–H and O–H groups in total. The number of nitrogens with zero attached hydrogens (tertiary/aromatic N) is 3. The van der Waals surface area contributed by atoms with Crippen molar-refractivity contribution in [2.45, 2.75) is 32.4 Å². The minimum Gasteiger partial charge on any atom is -0.476 e. The van der Waals surface area contributed by atoms with Crippen molar-refractivity contribution in [3.63, 3.8) is 0 Å². The van der Waals surface area contributed by atoms with Crippen LogP contribution in [0.4, 0.5) is 13.2 Å². The summed E-state index contributed by atoms with van der Waals surface area (Å²) in [5.74, 6) is -1.74. The second-order valence-electron chi connectivity index (χ2n) is 5.39. The van der Waals surface area contributed by atoms with Gasteiger partial charge in [0, 0.05) is 12.4 Å². The third kappa shape index (κ3) is 2.33. The molecular formula is C12H12F3N3O2. The third-order valence-electron chi connectivity index (χ3n) is 2.82. The molecular weight excluding hydrogens is 275 g/mol. The minimum atomic E-state index is -4.83. The largest absolute Gasteiger partial charge is 0.476 e. The Morgan fingerprint density at radius 1 is 1.30 bits per heavy atom. The SMILES string of the molecule is CC(C)(C)c1cnc2c(C(F)(F)F)c(C(=O)O)nn2c1. The number of hydrogen-bond acceptors (Lipinski definition) is 3. The van der Waals surface area contributed by atoms with E-state index >= 15 is 0 Å². The quantitative estimate of drug-likeness (QED) is 0.875. The molecule has 8 heteroatoms. The summed E-state index contributed by atoms with van der Waals surface area (Å²) in [5, 5.41) is 12.3. The zero-order valence-corrected chi connectivity index (χ0v) is 11.0. The van der Waals surface area contributed by atoms with Gasteiger partial charge in [-0.2, -0.15) is 18.3 Å². The highest BCUT2D eigenvalue weighted by molar-refractivity contribution is 5.89. The molecule has 0 saturated heterocycles. The van der Waals surface area contributed by atoms with E-state index in [0.29, 0.717) is 5.56 Å². The molecule has 0 spiro atoms. The second kappa shape index (κ2) is 4.19. The zero-order chi connectivity index (χ0) is 15.3.